The number of hydrogen-bond donors (Lipinski definition) is 1. The Labute approximate surface area is 105 Å². The van der Waals surface area contributed by atoms with Gasteiger partial charge in [-0.05, 0) is 51.6 Å². The third kappa shape index (κ3) is 2.25. The van der Waals surface area contributed by atoms with Crippen molar-refractivity contribution < 1.29 is 4.74 Å². The van der Waals surface area contributed by atoms with E-state index in [0.717, 1.165) is 25.2 Å². The van der Waals surface area contributed by atoms with E-state index in [9.17, 15) is 0 Å². The van der Waals surface area contributed by atoms with Crippen molar-refractivity contribution in [3.63, 3.8) is 0 Å². The van der Waals surface area contributed by atoms with E-state index in [1.54, 1.807) is 0 Å². The number of ether oxygens (including phenoxy) is 1. The van der Waals surface area contributed by atoms with Crippen molar-refractivity contribution in [2.45, 2.75) is 56.7 Å². The molecule has 0 spiro atoms. The maximum absolute atomic E-state index is 5.73. The zero-order valence-corrected chi connectivity index (χ0v) is 11.0. The van der Waals surface area contributed by atoms with Gasteiger partial charge >= 0.3 is 0 Å². The van der Waals surface area contributed by atoms with Crippen LogP contribution >= 0.6 is 0 Å². The topological polar surface area (TPSA) is 24.5 Å². The summed E-state index contributed by atoms with van der Waals surface area (Å²) in [5, 5.41) is 3.51. The van der Waals surface area contributed by atoms with Gasteiger partial charge in [-0.15, -0.1) is 0 Å². The average Bonchev–Trinajstić information content (AvgIpc) is 2.86. The van der Waals surface area contributed by atoms with Crippen LogP contribution in [0.2, 0.25) is 0 Å². The second-order valence-electron chi connectivity index (χ2n) is 5.96. The van der Waals surface area contributed by atoms with Gasteiger partial charge in [0.15, 0.2) is 0 Å². The highest BCUT2D eigenvalue weighted by Crippen LogP contribution is 2.38. The predicted octanol–water partition coefficient (Wildman–Crippen LogP) is 1.63. The SMILES string of the molecule is CNC1CCOCC1N1CCCC2CCCC21. The van der Waals surface area contributed by atoms with Gasteiger partial charge in [0.1, 0.15) is 0 Å². The molecule has 0 radical (unpaired) electrons. The van der Waals surface area contributed by atoms with Gasteiger partial charge in [0, 0.05) is 24.7 Å². The highest BCUT2D eigenvalue weighted by atomic mass is 16.5. The third-order valence-electron chi connectivity index (χ3n) is 5.16. The van der Waals surface area contributed by atoms with Crippen molar-refractivity contribution in [1.82, 2.24) is 10.2 Å². The van der Waals surface area contributed by atoms with Crippen LogP contribution in [0.4, 0.5) is 0 Å². The van der Waals surface area contributed by atoms with Gasteiger partial charge in [-0.2, -0.15) is 0 Å². The number of hydrogen-bond acceptors (Lipinski definition) is 3. The molecule has 2 aliphatic heterocycles. The van der Waals surface area contributed by atoms with E-state index in [0.29, 0.717) is 12.1 Å². The van der Waals surface area contributed by atoms with Crippen LogP contribution in [0.3, 0.4) is 0 Å². The molecule has 17 heavy (non-hydrogen) atoms. The van der Waals surface area contributed by atoms with Gasteiger partial charge in [0.2, 0.25) is 0 Å². The van der Waals surface area contributed by atoms with Crippen molar-refractivity contribution >= 4 is 0 Å². The number of nitrogens with zero attached hydrogens (tertiary/aromatic N) is 1. The van der Waals surface area contributed by atoms with E-state index in [4.69, 9.17) is 4.74 Å². The molecule has 0 aromatic carbocycles. The third-order valence-corrected chi connectivity index (χ3v) is 5.16. The van der Waals surface area contributed by atoms with E-state index >= 15 is 0 Å². The van der Waals surface area contributed by atoms with Gasteiger partial charge in [-0.25, -0.2) is 0 Å². The van der Waals surface area contributed by atoms with Crippen molar-refractivity contribution in [1.29, 1.82) is 0 Å². The van der Waals surface area contributed by atoms with E-state index in [1.807, 2.05) is 0 Å². The monoisotopic (exact) mass is 238 g/mol. The quantitative estimate of drug-likeness (QED) is 0.791. The number of likely N-dealkylation sites (tertiary alicyclic amines) is 1. The Balaban J connectivity index is 1.72. The fraction of sp³-hybridized carbons (Fsp3) is 1.00. The molecule has 0 aromatic rings. The second kappa shape index (κ2) is 5.25. The number of nitrogens with one attached hydrogen (secondary N) is 1. The minimum atomic E-state index is 0.625. The normalized spacial score (nSPS) is 43.6. The molecule has 0 amide bonds. The van der Waals surface area contributed by atoms with Crippen LogP contribution < -0.4 is 5.32 Å². The molecule has 98 valence electrons. The Morgan fingerprint density at radius 3 is 2.82 bits per heavy atom. The Bertz CT molecular complexity index is 259. The summed E-state index contributed by atoms with van der Waals surface area (Å²) in [5.74, 6) is 0.989. The van der Waals surface area contributed by atoms with Crippen LogP contribution in [0.5, 0.6) is 0 Å². The smallest absolute Gasteiger partial charge is 0.0637 e. The maximum atomic E-state index is 5.73. The zero-order valence-electron chi connectivity index (χ0n) is 11.0. The number of likely N-dealkylation sites (N-methyl/N-ethyl adjacent to an activating group) is 1. The van der Waals surface area contributed by atoms with Crippen LogP contribution in [0, 0.1) is 5.92 Å². The number of fused-ring (bicyclic) bond motifs is 1. The molecule has 0 bridgehead atoms. The van der Waals surface area contributed by atoms with Crippen molar-refractivity contribution in [3.05, 3.63) is 0 Å². The zero-order chi connectivity index (χ0) is 11.7. The van der Waals surface area contributed by atoms with Gasteiger partial charge in [0.25, 0.3) is 0 Å². The Kier molecular flexibility index (Phi) is 3.69. The van der Waals surface area contributed by atoms with Crippen LogP contribution in [0.15, 0.2) is 0 Å². The van der Waals surface area contributed by atoms with Crippen molar-refractivity contribution in [3.8, 4) is 0 Å². The molecule has 4 atom stereocenters. The summed E-state index contributed by atoms with van der Waals surface area (Å²) in [6, 6.07) is 2.13. The molecular weight excluding hydrogens is 212 g/mol. The summed E-state index contributed by atoms with van der Waals surface area (Å²) in [6.07, 6.45) is 8.39. The second-order valence-corrected chi connectivity index (χ2v) is 5.96. The first-order chi connectivity index (χ1) is 8.40. The lowest BCUT2D eigenvalue weighted by atomic mass is 9.88. The molecule has 1 aliphatic carbocycles. The lowest BCUT2D eigenvalue weighted by Crippen LogP contribution is -2.59. The molecule has 3 fully saturated rings. The lowest BCUT2D eigenvalue weighted by Gasteiger charge is -2.47. The van der Waals surface area contributed by atoms with E-state index in [1.165, 1.54) is 45.1 Å². The van der Waals surface area contributed by atoms with Gasteiger partial charge in [-0.1, -0.05) is 6.42 Å². The minimum Gasteiger partial charge on any atom is -0.380 e. The van der Waals surface area contributed by atoms with E-state index < -0.39 is 0 Å². The van der Waals surface area contributed by atoms with Crippen LogP contribution in [-0.2, 0) is 4.74 Å². The molecule has 1 N–H and O–H groups in total. The Morgan fingerprint density at radius 1 is 1.06 bits per heavy atom. The molecule has 3 rings (SSSR count). The molecular formula is C14H26N2O. The highest BCUT2D eigenvalue weighted by molar-refractivity contribution is 4.96. The summed E-state index contributed by atoms with van der Waals surface area (Å²) in [5.41, 5.74) is 0. The molecule has 3 aliphatic rings. The first kappa shape index (κ1) is 11.9. The van der Waals surface area contributed by atoms with Gasteiger partial charge in [-0.3, -0.25) is 4.90 Å². The first-order valence-electron chi connectivity index (χ1n) is 7.41. The summed E-state index contributed by atoms with van der Waals surface area (Å²) < 4.78 is 5.73. The van der Waals surface area contributed by atoms with Crippen molar-refractivity contribution in [2.24, 2.45) is 5.92 Å². The molecule has 4 unspecified atom stereocenters. The lowest BCUT2D eigenvalue weighted by molar-refractivity contribution is -0.0367. The Hall–Kier alpha value is -0.120. The first-order valence-corrected chi connectivity index (χ1v) is 7.41. The standard InChI is InChI=1S/C14H26N2O/c1-15-12-7-9-17-10-14(12)16-8-3-5-11-4-2-6-13(11)16/h11-15H,2-10H2,1H3. The average molecular weight is 238 g/mol. The van der Waals surface area contributed by atoms with E-state index in [2.05, 4.69) is 17.3 Å². The highest BCUT2D eigenvalue weighted by Gasteiger charge is 2.41. The van der Waals surface area contributed by atoms with E-state index in [-0.39, 0.29) is 0 Å². The van der Waals surface area contributed by atoms with Crippen LogP contribution in [0.25, 0.3) is 0 Å². The fourth-order valence-corrected chi connectivity index (χ4v) is 4.29. The molecule has 1 saturated carbocycles. The molecule has 3 nitrogen and oxygen atoms in total. The summed E-state index contributed by atoms with van der Waals surface area (Å²) in [4.78, 5) is 2.79. The van der Waals surface area contributed by atoms with Crippen LogP contribution in [-0.4, -0.2) is 49.8 Å². The predicted molar refractivity (Wildman–Crippen MR) is 69.1 cm³/mol. The number of rotatable bonds is 2. The summed E-state index contributed by atoms with van der Waals surface area (Å²) in [6.45, 7) is 3.17. The minimum absolute atomic E-state index is 0.625. The molecule has 2 heterocycles. The summed E-state index contributed by atoms with van der Waals surface area (Å²) >= 11 is 0. The van der Waals surface area contributed by atoms with Crippen LogP contribution in [0.1, 0.15) is 38.5 Å². The van der Waals surface area contributed by atoms with Gasteiger partial charge in [0.05, 0.1) is 6.61 Å². The molecule has 0 aromatic heterocycles. The molecule has 2 saturated heterocycles. The molecule has 3 heteroatoms. The Morgan fingerprint density at radius 2 is 1.94 bits per heavy atom. The maximum Gasteiger partial charge on any atom is 0.0637 e. The van der Waals surface area contributed by atoms with Gasteiger partial charge < -0.3 is 10.1 Å². The fourth-order valence-electron chi connectivity index (χ4n) is 4.29. The largest absolute Gasteiger partial charge is 0.380 e. The van der Waals surface area contributed by atoms with Crippen molar-refractivity contribution in [2.75, 3.05) is 26.8 Å². The number of piperidine rings is 1. The summed E-state index contributed by atoms with van der Waals surface area (Å²) in [7, 11) is 2.11.